The molecule has 4 rings (SSSR count). The lowest BCUT2D eigenvalue weighted by Gasteiger charge is -2.17. The number of aromatic nitrogens is 3. The number of H-pyrrole nitrogens is 1. The fourth-order valence-electron chi connectivity index (χ4n) is 3.32. The Kier molecular flexibility index (Phi) is 4.81. The molecule has 0 bridgehead atoms. The number of rotatable bonds is 6. The van der Waals surface area contributed by atoms with E-state index < -0.39 is 12.3 Å². The second kappa shape index (κ2) is 7.39. The number of ether oxygens (including phenoxy) is 2. The highest BCUT2D eigenvalue weighted by Gasteiger charge is 2.34. The fourth-order valence-corrected chi connectivity index (χ4v) is 3.32. The van der Waals surface area contributed by atoms with Gasteiger partial charge in [0.2, 0.25) is 0 Å². The number of pyridine rings is 1. The molecule has 0 aliphatic carbocycles. The first kappa shape index (κ1) is 16.9. The van der Waals surface area contributed by atoms with Crippen molar-refractivity contribution in [3.05, 3.63) is 54.0 Å². The van der Waals surface area contributed by atoms with Crippen molar-refractivity contribution in [2.24, 2.45) is 0 Å². The van der Waals surface area contributed by atoms with Crippen molar-refractivity contribution < 1.29 is 13.9 Å². The van der Waals surface area contributed by atoms with Gasteiger partial charge in [-0.25, -0.2) is 14.4 Å². The number of imidazole rings is 1. The summed E-state index contributed by atoms with van der Waals surface area (Å²) >= 11 is 0. The van der Waals surface area contributed by atoms with Gasteiger partial charge < -0.3 is 14.5 Å². The summed E-state index contributed by atoms with van der Waals surface area (Å²) in [5.74, 6) is 1.48. The molecule has 26 heavy (non-hydrogen) atoms. The predicted molar refractivity (Wildman–Crippen MR) is 95.6 cm³/mol. The molecule has 1 fully saturated rings. The van der Waals surface area contributed by atoms with Crippen molar-refractivity contribution in [2.75, 3.05) is 20.2 Å². The first-order chi connectivity index (χ1) is 12.7. The molecule has 0 saturated carbocycles. The lowest BCUT2D eigenvalue weighted by Crippen LogP contribution is -2.24. The number of aromatic amines is 1. The van der Waals surface area contributed by atoms with E-state index in [1.165, 1.54) is 0 Å². The number of methoxy groups -OCH3 is 1. The number of halogens is 1. The zero-order valence-corrected chi connectivity index (χ0v) is 14.6. The smallest absolute Gasteiger partial charge is 0.177 e. The summed E-state index contributed by atoms with van der Waals surface area (Å²) in [5, 5.41) is 0. The lowest BCUT2D eigenvalue weighted by molar-refractivity contribution is 0.00862. The zero-order valence-electron chi connectivity index (χ0n) is 14.6. The Morgan fingerprint density at radius 2 is 2.12 bits per heavy atom. The molecule has 136 valence electrons. The number of benzene rings is 1. The van der Waals surface area contributed by atoms with Crippen LogP contribution in [0, 0.1) is 0 Å². The molecule has 6 nitrogen and oxygen atoms in total. The van der Waals surface area contributed by atoms with E-state index >= 15 is 0 Å². The van der Waals surface area contributed by atoms with E-state index in [1.807, 2.05) is 41.3 Å². The summed E-state index contributed by atoms with van der Waals surface area (Å²) in [7, 11) is 1.65. The molecular formula is C19H21FN4O2. The average Bonchev–Trinajstić information content (AvgIpc) is 3.23. The van der Waals surface area contributed by atoms with Gasteiger partial charge in [-0.15, -0.1) is 0 Å². The van der Waals surface area contributed by atoms with Gasteiger partial charge in [0.05, 0.1) is 12.6 Å². The molecule has 1 aromatic carbocycles. The molecule has 7 heteroatoms. The second-order valence-electron chi connectivity index (χ2n) is 6.43. The number of para-hydroxylation sites is 1. The molecule has 2 atom stereocenters. The van der Waals surface area contributed by atoms with Crippen LogP contribution in [0.4, 0.5) is 4.39 Å². The Morgan fingerprint density at radius 1 is 1.23 bits per heavy atom. The summed E-state index contributed by atoms with van der Waals surface area (Å²) in [6.07, 6.45) is 0.205. The number of hydrogen-bond donors (Lipinski definition) is 1. The predicted octanol–water partition coefficient (Wildman–Crippen LogP) is 2.71. The largest absolute Gasteiger partial charge is 0.496 e. The summed E-state index contributed by atoms with van der Waals surface area (Å²) in [6, 6.07) is 11.6. The third kappa shape index (κ3) is 3.54. The van der Waals surface area contributed by atoms with Gasteiger partial charge in [0, 0.05) is 31.4 Å². The van der Waals surface area contributed by atoms with E-state index in [-0.39, 0.29) is 6.61 Å². The van der Waals surface area contributed by atoms with Crippen LogP contribution in [-0.4, -0.2) is 52.3 Å². The first-order valence-electron chi connectivity index (χ1n) is 8.62. The van der Waals surface area contributed by atoms with Gasteiger partial charge in [0.25, 0.3) is 0 Å². The molecule has 0 unspecified atom stereocenters. The highest BCUT2D eigenvalue weighted by atomic mass is 19.1. The zero-order chi connectivity index (χ0) is 17.9. The van der Waals surface area contributed by atoms with Gasteiger partial charge in [-0.3, -0.25) is 4.90 Å². The fraction of sp³-hybridized carbons (Fsp3) is 0.368. The van der Waals surface area contributed by atoms with E-state index in [9.17, 15) is 4.39 Å². The van der Waals surface area contributed by atoms with Gasteiger partial charge in [0.1, 0.15) is 30.5 Å². The van der Waals surface area contributed by atoms with Crippen LogP contribution in [-0.2, 0) is 17.9 Å². The minimum Gasteiger partial charge on any atom is -0.496 e. The van der Waals surface area contributed by atoms with Crippen molar-refractivity contribution in [1.82, 2.24) is 19.9 Å². The maximum Gasteiger partial charge on any atom is 0.177 e. The van der Waals surface area contributed by atoms with Gasteiger partial charge >= 0.3 is 0 Å². The quantitative estimate of drug-likeness (QED) is 0.736. The Balaban J connectivity index is 1.36. The minimum absolute atomic E-state index is 0.240. The van der Waals surface area contributed by atoms with E-state index in [1.54, 1.807) is 13.3 Å². The maximum atomic E-state index is 14.4. The van der Waals surface area contributed by atoms with E-state index in [2.05, 4.69) is 15.0 Å². The molecular weight excluding hydrogens is 335 g/mol. The van der Waals surface area contributed by atoms with Crippen LogP contribution >= 0.6 is 0 Å². The van der Waals surface area contributed by atoms with Crippen LogP contribution in [0.2, 0.25) is 0 Å². The van der Waals surface area contributed by atoms with Crippen LogP contribution in [0.3, 0.4) is 0 Å². The highest BCUT2D eigenvalue weighted by Crippen LogP contribution is 2.24. The summed E-state index contributed by atoms with van der Waals surface area (Å²) < 4.78 is 25.5. The molecule has 2 aromatic heterocycles. The Labute approximate surface area is 151 Å². The molecule has 3 heterocycles. The standard InChI is InChI=1S/C19H21FN4O2/c1-25-16-7-3-2-5-13(16)9-24-10-14(20)17(11-24)26-12-18-22-15-6-4-8-21-19(15)23-18/h2-8,14,17H,9-12H2,1H3,(H,21,22,23)/t14-,17+/m1/s1. The van der Waals surface area contributed by atoms with E-state index in [0.717, 1.165) is 16.8 Å². The molecule has 1 N–H and O–H groups in total. The van der Waals surface area contributed by atoms with Crippen molar-refractivity contribution >= 4 is 11.2 Å². The Hall–Kier alpha value is -2.51. The molecule has 3 aromatic rings. The van der Waals surface area contributed by atoms with Crippen molar-refractivity contribution in [3.63, 3.8) is 0 Å². The number of alkyl halides is 1. The van der Waals surface area contributed by atoms with Crippen LogP contribution in [0.1, 0.15) is 11.4 Å². The number of fused-ring (bicyclic) bond motifs is 1. The van der Waals surface area contributed by atoms with Crippen molar-refractivity contribution in [1.29, 1.82) is 0 Å². The summed E-state index contributed by atoms with van der Waals surface area (Å²) in [4.78, 5) is 13.7. The number of nitrogens with one attached hydrogen (secondary N) is 1. The monoisotopic (exact) mass is 356 g/mol. The van der Waals surface area contributed by atoms with Gasteiger partial charge in [-0.2, -0.15) is 0 Å². The van der Waals surface area contributed by atoms with Gasteiger partial charge in [-0.1, -0.05) is 18.2 Å². The Morgan fingerprint density at radius 3 is 2.96 bits per heavy atom. The summed E-state index contributed by atoms with van der Waals surface area (Å²) in [6.45, 7) is 1.77. The minimum atomic E-state index is -1.02. The van der Waals surface area contributed by atoms with Gasteiger partial charge in [-0.05, 0) is 18.2 Å². The lowest BCUT2D eigenvalue weighted by atomic mass is 10.2. The molecule has 0 spiro atoms. The van der Waals surface area contributed by atoms with Crippen molar-refractivity contribution in [2.45, 2.75) is 25.4 Å². The molecule has 1 saturated heterocycles. The van der Waals surface area contributed by atoms with Crippen molar-refractivity contribution in [3.8, 4) is 5.75 Å². The van der Waals surface area contributed by atoms with Gasteiger partial charge in [0.15, 0.2) is 5.65 Å². The van der Waals surface area contributed by atoms with Crippen LogP contribution in [0.25, 0.3) is 11.2 Å². The van der Waals surface area contributed by atoms with E-state index in [4.69, 9.17) is 9.47 Å². The number of hydrogen-bond acceptors (Lipinski definition) is 5. The highest BCUT2D eigenvalue weighted by molar-refractivity contribution is 5.69. The van der Waals surface area contributed by atoms with Crippen LogP contribution < -0.4 is 4.74 Å². The SMILES string of the molecule is COc1ccccc1CN1C[C@@H](F)[C@@H](OCc2nc3ncccc3[nH]2)C1. The molecule has 1 aliphatic rings. The summed E-state index contributed by atoms with van der Waals surface area (Å²) in [5.41, 5.74) is 2.55. The second-order valence-corrected chi connectivity index (χ2v) is 6.43. The first-order valence-corrected chi connectivity index (χ1v) is 8.62. The molecule has 0 amide bonds. The van der Waals surface area contributed by atoms with Crippen LogP contribution in [0.15, 0.2) is 42.6 Å². The third-order valence-electron chi connectivity index (χ3n) is 4.60. The van der Waals surface area contributed by atoms with Crippen LogP contribution in [0.5, 0.6) is 5.75 Å². The molecule has 0 radical (unpaired) electrons. The topological polar surface area (TPSA) is 63.3 Å². The Bertz CT molecular complexity index is 852. The van der Waals surface area contributed by atoms with E-state index in [0.29, 0.717) is 31.1 Å². The maximum absolute atomic E-state index is 14.4. The average molecular weight is 356 g/mol. The third-order valence-corrected chi connectivity index (χ3v) is 4.60. The number of likely N-dealkylation sites (tertiary alicyclic amines) is 1. The number of nitrogens with zero attached hydrogens (tertiary/aromatic N) is 3. The normalized spacial score (nSPS) is 20.7. The molecule has 1 aliphatic heterocycles.